The molecule has 0 saturated carbocycles. The lowest BCUT2D eigenvalue weighted by Gasteiger charge is -2.24. The average Bonchev–Trinajstić information content (AvgIpc) is 2.75. The fraction of sp³-hybridized carbons (Fsp3) is 0.0769. The Morgan fingerprint density at radius 1 is 0.690 bits per heavy atom. The van der Waals surface area contributed by atoms with Crippen molar-refractivity contribution in [3.63, 3.8) is 0 Å². The molecule has 0 bridgehead atoms. The van der Waals surface area contributed by atoms with Crippen LogP contribution >= 0.6 is 16.5 Å². The van der Waals surface area contributed by atoms with Gasteiger partial charge in [0.15, 0.2) is 0 Å². The fourth-order valence-electron chi connectivity index (χ4n) is 3.47. The number of phenolic OH excluding ortho intramolecular Hbond substituents is 1. The number of aromatic hydroxyl groups is 1. The van der Waals surface area contributed by atoms with Crippen LogP contribution in [0, 0.1) is 13.8 Å². The summed E-state index contributed by atoms with van der Waals surface area (Å²) >= 11 is 0. The summed E-state index contributed by atoms with van der Waals surface area (Å²) in [4.78, 5) is 0. The Balaban J connectivity index is 1.88. The van der Waals surface area contributed by atoms with E-state index in [0.717, 1.165) is 5.30 Å². The zero-order chi connectivity index (χ0) is 20.2. The number of phenols is 1. The maximum absolute atomic E-state index is 10.5. The lowest BCUT2D eigenvalue weighted by molar-refractivity contribution is 0.479. The summed E-state index contributed by atoms with van der Waals surface area (Å²) in [7, 11) is -0.253. The van der Waals surface area contributed by atoms with Crippen molar-refractivity contribution < 1.29 is 5.11 Å². The summed E-state index contributed by atoms with van der Waals surface area (Å²) in [6.45, 7) is 4.26. The summed E-state index contributed by atoms with van der Waals surface area (Å²) in [5, 5.41) is 16.9. The Morgan fingerprint density at radius 2 is 1.31 bits per heavy atom. The highest BCUT2D eigenvalue weighted by molar-refractivity contribution is 7.81. The molecule has 3 heteroatoms. The zero-order valence-corrected chi connectivity index (χ0v) is 18.5. The summed E-state index contributed by atoms with van der Waals surface area (Å²) in [6.07, 6.45) is 0. The van der Waals surface area contributed by atoms with Crippen LogP contribution in [0.5, 0.6) is 5.75 Å². The second kappa shape index (κ2) is 8.91. The van der Waals surface area contributed by atoms with Crippen molar-refractivity contribution in [2.24, 2.45) is 0 Å². The molecule has 0 fully saturated rings. The van der Waals surface area contributed by atoms with E-state index in [4.69, 9.17) is 0 Å². The van der Waals surface area contributed by atoms with Gasteiger partial charge in [0.25, 0.3) is 0 Å². The molecule has 0 heterocycles. The molecular weight excluding hydrogens is 390 g/mol. The average molecular weight is 414 g/mol. The number of aryl methyl sites for hydroxylation is 2. The van der Waals surface area contributed by atoms with Gasteiger partial charge < -0.3 is 5.11 Å². The summed E-state index contributed by atoms with van der Waals surface area (Å²) in [5.41, 5.74) is 2.45. The molecule has 4 rings (SSSR count). The van der Waals surface area contributed by atoms with E-state index in [2.05, 4.69) is 98.8 Å². The maximum atomic E-state index is 10.5. The SMILES string of the molecule is Cc1ccc(O)c(Pc2c(C)cccc2P(c2ccccc2)c2ccccc2)c1. The van der Waals surface area contributed by atoms with Gasteiger partial charge in [-0.25, -0.2) is 0 Å². The zero-order valence-electron chi connectivity index (χ0n) is 16.6. The quantitative estimate of drug-likeness (QED) is 0.480. The first-order chi connectivity index (χ1) is 14.1. The van der Waals surface area contributed by atoms with E-state index in [1.807, 2.05) is 12.1 Å². The Morgan fingerprint density at radius 3 is 1.93 bits per heavy atom. The lowest BCUT2D eigenvalue weighted by atomic mass is 10.2. The van der Waals surface area contributed by atoms with Crippen molar-refractivity contribution >= 4 is 43.0 Å². The number of hydrogen-bond acceptors (Lipinski definition) is 1. The highest BCUT2D eigenvalue weighted by Crippen LogP contribution is 2.34. The fourth-order valence-corrected chi connectivity index (χ4v) is 7.67. The highest BCUT2D eigenvalue weighted by atomic mass is 31.1. The molecule has 0 aliphatic heterocycles. The van der Waals surface area contributed by atoms with Gasteiger partial charge in [-0.1, -0.05) is 99.1 Å². The molecule has 0 saturated heterocycles. The Labute approximate surface area is 176 Å². The van der Waals surface area contributed by atoms with Crippen LogP contribution in [0.1, 0.15) is 11.1 Å². The van der Waals surface area contributed by atoms with Crippen molar-refractivity contribution in [1.82, 2.24) is 0 Å². The van der Waals surface area contributed by atoms with Crippen molar-refractivity contribution in [1.29, 1.82) is 0 Å². The predicted molar refractivity (Wildman–Crippen MR) is 130 cm³/mol. The molecule has 0 aliphatic carbocycles. The van der Waals surface area contributed by atoms with E-state index in [9.17, 15) is 5.11 Å². The first-order valence-electron chi connectivity index (χ1n) is 9.70. The van der Waals surface area contributed by atoms with Crippen molar-refractivity contribution in [2.75, 3.05) is 0 Å². The van der Waals surface area contributed by atoms with Crippen molar-refractivity contribution in [3.05, 3.63) is 108 Å². The Bertz CT molecular complexity index is 1070. The van der Waals surface area contributed by atoms with Gasteiger partial charge in [-0.05, 0) is 60.7 Å². The minimum absolute atomic E-state index is 0.381. The van der Waals surface area contributed by atoms with E-state index in [1.54, 1.807) is 0 Å². The largest absolute Gasteiger partial charge is 0.507 e. The molecule has 0 amide bonds. The van der Waals surface area contributed by atoms with E-state index < -0.39 is 7.92 Å². The second-order valence-electron chi connectivity index (χ2n) is 7.12. The molecule has 0 spiro atoms. The highest BCUT2D eigenvalue weighted by Gasteiger charge is 2.21. The first-order valence-corrected chi connectivity index (χ1v) is 12.0. The van der Waals surface area contributed by atoms with E-state index in [-0.39, 0.29) is 0 Å². The third-order valence-corrected chi connectivity index (χ3v) is 9.21. The van der Waals surface area contributed by atoms with Crippen molar-refractivity contribution in [3.8, 4) is 5.75 Å². The predicted octanol–water partition coefficient (Wildman–Crippen LogP) is 4.40. The molecule has 4 aromatic rings. The maximum Gasteiger partial charge on any atom is 0.123 e. The molecule has 1 atom stereocenters. The molecule has 1 N–H and O–H groups in total. The van der Waals surface area contributed by atoms with Gasteiger partial charge in [0.1, 0.15) is 5.75 Å². The van der Waals surface area contributed by atoms with Crippen LogP contribution in [0.3, 0.4) is 0 Å². The number of benzene rings is 4. The standard InChI is InChI=1S/C26H24OP2/c1-19-16-17-23(27)24(18-19)28-26-20(2)10-9-15-25(26)29(21-11-5-3-6-12-21)22-13-7-4-8-14-22/h3-18,27-28H,1-2H3. The van der Waals surface area contributed by atoms with Crippen LogP contribution in [0.2, 0.25) is 0 Å². The van der Waals surface area contributed by atoms with Crippen molar-refractivity contribution in [2.45, 2.75) is 13.8 Å². The van der Waals surface area contributed by atoms with E-state index >= 15 is 0 Å². The van der Waals surface area contributed by atoms with E-state index in [0.29, 0.717) is 14.3 Å². The smallest absolute Gasteiger partial charge is 0.123 e. The van der Waals surface area contributed by atoms with Gasteiger partial charge in [0, 0.05) is 5.30 Å². The number of rotatable bonds is 5. The van der Waals surface area contributed by atoms with Crippen LogP contribution < -0.4 is 26.5 Å². The Hall–Kier alpha value is -2.46. The Kier molecular flexibility index (Phi) is 6.10. The van der Waals surface area contributed by atoms with Gasteiger partial charge in [-0.3, -0.25) is 0 Å². The first kappa shape index (κ1) is 19.8. The van der Waals surface area contributed by atoms with Crippen LogP contribution in [0.4, 0.5) is 0 Å². The molecule has 144 valence electrons. The topological polar surface area (TPSA) is 20.2 Å². The minimum Gasteiger partial charge on any atom is -0.507 e. The van der Waals surface area contributed by atoms with Gasteiger partial charge in [-0.2, -0.15) is 0 Å². The monoisotopic (exact) mass is 414 g/mol. The third kappa shape index (κ3) is 4.43. The van der Waals surface area contributed by atoms with Crippen LogP contribution in [0.25, 0.3) is 0 Å². The van der Waals surface area contributed by atoms with Crippen LogP contribution in [0.15, 0.2) is 97.1 Å². The van der Waals surface area contributed by atoms with Gasteiger partial charge >= 0.3 is 0 Å². The molecule has 0 aromatic heterocycles. The summed E-state index contributed by atoms with van der Waals surface area (Å²) in [6, 6.07) is 34.1. The molecule has 0 aliphatic rings. The summed E-state index contributed by atoms with van der Waals surface area (Å²) in [5.74, 6) is 0.381. The number of hydrogen-bond donors (Lipinski definition) is 1. The van der Waals surface area contributed by atoms with Gasteiger partial charge in [-0.15, -0.1) is 0 Å². The molecular formula is C26H24OP2. The minimum atomic E-state index is -0.671. The van der Waals surface area contributed by atoms with Crippen LogP contribution in [-0.2, 0) is 0 Å². The molecule has 0 radical (unpaired) electrons. The molecule has 29 heavy (non-hydrogen) atoms. The molecule has 1 nitrogen and oxygen atoms in total. The second-order valence-corrected chi connectivity index (χ2v) is 10.6. The third-order valence-electron chi connectivity index (χ3n) is 4.93. The molecule has 4 aromatic carbocycles. The normalized spacial score (nSPS) is 11.4. The van der Waals surface area contributed by atoms with E-state index in [1.165, 1.54) is 32.3 Å². The van der Waals surface area contributed by atoms with Gasteiger partial charge in [0.05, 0.1) is 0 Å². The van der Waals surface area contributed by atoms with Crippen LogP contribution in [-0.4, -0.2) is 5.11 Å². The summed E-state index contributed by atoms with van der Waals surface area (Å²) < 4.78 is 0. The lowest BCUT2D eigenvalue weighted by Crippen LogP contribution is -2.31. The van der Waals surface area contributed by atoms with Gasteiger partial charge in [0.2, 0.25) is 0 Å². The molecule has 1 unspecified atom stereocenters.